The first-order valence-electron chi connectivity index (χ1n) is 9.57. The SMILES string of the molecule is COc1ccc(CCNC(=O)c2cc(C)nc(N3CCCC(C)C3)n2)cc1. The van der Waals surface area contributed by atoms with Crippen LogP contribution < -0.4 is 15.0 Å². The second-order valence-corrected chi connectivity index (χ2v) is 7.24. The number of ether oxygens (including phenoxy) is 1. The first-order valence-corrected chi connectivity index (χ1v) is 9.57. The number of aryl methyl sites for hydroxylation is 1. The van der Waals surface area contributed by atoms with Gasteiger partial charge in [0.1, 0.15) is 11.4 Å². The zero-order chi connectivity index (χ0) is 19.2. The number of benzene rings is 1. The van der Waals surface area contributed by atoms with Crippen molar-refractivity contribution in [1.29, 1.82) is 0 Å². The summed E-state index contributed by atoms with van der Waals surface area (Å²) in [6, 6.07) is 9.62. The molecular weight excluding hydrogens is 340 g/mol. The van der Waals surface area contributed by atoms with Crippen molar-refractivity contribution in [1.82, 2.24) is 15.3 Å². The van der Waals surface area contributed by atoms with E-state index in [0.29, 0.717) is 24.1 Å². The first-order chi connectivity index (χ1) is 13.0. The molecule has 0 spiro atoms. The molecule has 1 amide bonds. The number of methoxy groups -OCH3 is 1. The van der Waals surface area contributed by atoms with E-state index in [2.05, 4.69) is 27.1 Å². The molecule has 1 aliphatic rings. The molecule has 6 heteroatoms. The molecule has 1 saturated heterocycles. The average molecular weight is 368 g/mol. The van der Waals surface area contributed by atoms with Crippen molar-refractivity contribution < 1.29 is 9.53 Å². The molecule has 2 heterocycles. The summed E-state index contributed by atoms with van der Waals surface area (Å²) in [6.07, 6.45) is 3.14. The summed E-state index contributed by atoms with van der Waals surface area (Å²) in [5, 5.41) is 2.96. The lowest BCUT2D eigenvalue weighted by Gasteiger charge is -2.31. The quantitative estimate of drug-likeness (QED) is 0.849. The van der Waals surface area contributed by atoms with Crippen molar-refractivity contribution in [2.45, 2.75) is 33.1 Å². The first kappa shape index (κ1) is 19.1. The highest BCUT2D eigenvalue weighted by atomic mass is 16.5. The van der Waals surface area contributed by atoms with E-state index in [4.69, 9.17) is 4.74 Å². The third-order valence-electron chi connectivity index (χ3n) is 4.87. The molecule has 2 aromatic rings. The van der Waals surface area contributed by atoms with Crippen LogP contribution in [-0.2, 0) is 6.42 Å². The second kappa shape index (κ2) is 8.84. The van der Waals surface area contributed by atoms with Crippen molar-refractivity contribution in [3.63, 3.8) is 0 Å². The van der Waals surface area contributed by atoms with Crippen molar-refractivity contribution in [2.24, 2.45) is 5.92 Å². The van der Waals surface area contributed by atoms with E-state index < -0.39 is 0 Å². The standard InChI is InChI=1S/C21H28N4O2/c1-15-5-4-12-25(14-15)21-23-16(2)13-19(24-21)20(26)22-11-10-17-6-8-18(27-3)9-7-17/h6-9,13,15H,4-5,10-12,14H2,1-3H3,(H,22,26). The molecule has 1 fully saturated rings. The number of carbonyl (C=O) groups excluding carboxylic acids is 1. The predicted molar refractivity (Wildman–Crippen MR) is 106 cm³/mol. The van der Waals surface area contributed by atoms with Crippen LogP contribution in [0.15, 0.2) is 30.3 Å². The van der Waals surface area contributed by atoms with Crippen molar-refractivity contribution in [2.75, 3.05) is 31.6 Å². The van der Waals surface area contributed by atoms with Crippen molar-refractivity contribution in [3.05, 3.63) is 47.3 Å². The minimum absolute atomic E-state index is 0.152. The number of anilines is 1. The molecule has 0 bridgehead atoms. The van der Waals surface area contributed by atoms with Gasteiger partial charge in [0.25, 0.3) is 5.91 Å². The number of nitrogens with one attached hydrogen (secondary N) is 1. The van der Waals surface area contributed by atoms with E-state index in [1.165, 1.54) is 6.42 Å². The molecule has 3 rings (SSSR count). The molecule has 1 unspecified atom stereocenters. The largest absolute Gasteiger partial charge is 0.497 e. The topological polar surface area (TPSA) is 67.3 Å². The Kier molecular flexibility index (Phi) is 6.27. The van der Waals surface area contributed by atoms with E-state index >= 15 is 0 Å². The molecule has 0 radical (unpaired) electrons. The smallest absolute Gasteiger partial charge is 0.270 e. The van der Waals surface area contributed by atoms with E-state index in [1.807, 2.05) is 31.2 Å². The summed E-state index contributed by atoms with van der Waals surface area (Å²) in [5.74, 6) is 1.98. The normalized spacial score (nSPS) is 16.9. The summed E-state index contributed by atoms with van der Waals surface area (Å²) in [6.45, 7) is 6.61. The number of rotatable bonds is 6. The fourth-order valence-electron chi connectivity index (χ4n) is 3.38. The summed E-state index contributed by atoms with van der Waals surface area (Å²) in [7, 11) is 1.65. The second-order valence-electron chi connectivity index (χ2n) is 7.24. The Hall–Kier alpha value is -2.63. The predicted octanol–water partition coefficient (Wildman–Crippen LogP) is 3.00. The summed E-state index contributed by atoms with van der Waals surface area (Å²) < 4.78 is 5.16. The summed E-state index contributed by atoms with van der Waals surface area (Å²) in [5.41, 5.74) is 2.40. The molecule has 6 nitrogen and oxygen atoms in total. The van der Waals surface area contributed by atoms with E-state index in [1.54, 1.807) is 13.2 Å². The van der Waals surface area contributed by atoms with Crippen molar-refractivity contribution in [3.8, 4) is 5.75 Å². The van der Waals surface area contributed by atoms with Gasteiger partial charge < -0.3 is 15.0 Å². The van der Waals surface area contributed by atoms with Crippen LogP contribution in [0.1, 0.15) is 41.5 Å². The van der Waals surface area contributed by atoms with Gasteiger partial charge in [0.05, 0.1) is 7.11 Å². The van der Waals surface area contributed by atoms with Gasteiger partial charge in [-0.1, -0.05) is 19.1 Å². The molecule has 1 N–H and O–H groups in total. The highest BCUT2D eigenvalue weighted by Crippen LogP contribution is 2.20. The van der Waals surface area contributed by atoms with Crippen LogP contribution in [-0.4, -0.2) is 42.6 Å². The third kappa shape index (κ3) is 5.18. The van der Waals surface area contributed by atoms with E-state index in [-0.39, 0.29) is 5.91 Å². The Bertz CT molecular complexity index is 776. The maximum Gasteiger partial charge on any atom is 0.270 e. The maximum absolute atomic E-state index is 12.5. The third-order valence-corrected chi connectivity index (χ3v) is 4.87. The maximum atomic E-state index is 12.5. The monoisotopic (exact) mass is 368 g/mol. The molecule has 1 aromatic heterocycles. The Balaban J connectivity index is 1.60. The molecule has 1 aliphatic heterocycles. The number of aromatic nitrogens is 2. The molecular formula is C21H28N4O2. The van der Waals surface area contributed by atoms with Crippen LogP contribution in [0.5, 0.6) is 5.75 Å². The fraction of sp³-hybridized carbons (Fsp3) is 0.476. The zero-order valence-corrected chi connectivity index (χ0v) is 16.4. The number of hydrogen-bond donors (Lipinski definition) is 1. The minimum atomic E-state index is -0.152. The van der Waals surface area contributed by atoms with Gasteiger partial charge in [-0.15, -0.1) is 0 Å². The van der Waals surface area contributed by atoms with Gasteiger partial charge in [-0.25, -0.2) is 9.97 Å². The summed E-state index contributed by atoms with van der Waals surface area (Å²) in [4.78, 5) is 23.8. The fourth-order valence-corrected chi connectivity index (χ4v) is 3.38. The Labute approximate surface area is 161 Å². The van der Waals surface area contributed by atoms with Gasteiger partial charge in [-0.05, 0) is 55.9 Å². The van der Waals surface area contributed by atoms with Gasteiger partial charge in [-0.2, -0.15) is 0 Å². The Morgan fingerprint density at radius 3 is 2.78 bits per heavy atom. The lowest BCUT2D eigenvalue weighted by atomic mass is 10.0. The number of hydrogen-bond acceptors (Lipinski definition) is 5. The van der Waals surface area contributed by atoms with Gasteiger partial charge in [0.2, 0.25) is 5.95 Å². The lowest BCUT2D eigenvalue weighted by Crippen LogP contribution is -2.36. The van der Waals surface area contributed by atoms with Gasteiger partial charge in [0, 0.05) is 25.3 Å². The van der Waals surface area contributed by atoms with Crippen LogP contribution in [0.25, 0.3) is 0 Å². The average Bonchev–Trinajstić information content (AvgIpc) is 2.68. The molecule has 0 aliphatic carbocycles. The van der Waals surface area contributed by atoms with Crippen LogP contribution >= 0.6 is 0 Å². The van der Waals surface area contributed by atoms with Crippen LogP contribution in [0.2, 0.25) is 0 Å². The minimum Gasteiger partial charge on any atom is -0.497 e. The number of amides is 1. The van der Waals surface area contributed by atoms with Crippen LogP contribution in [0.4, 0.5) is 5.95 Å². The van der Waals surface area contributed by atoms with Gasteiger partial charge in [0.15, 0.2) is 0 Å². The van der Waals surface area contributed by atoms with E-state index in [0.717, 1.165) is 42.9 Å². The summed E-state index contributed by atoms with van der Waals surface area (Å²) >= 11 is 0. The van der Waals surface area contributed by atoms with Crippen LogP contribution in [0, 0.1) is 12.8 Å². The zero-order valence-electron chi connectivity index (χ0n) is 16.4. The van der Waals surface area contributed by atoms with Gasteiger partial charge >= 0.3 is 0 Å². The molecule has 0 saturated carbocycles. The highest BCUT2D eigenvalue weighted by Gasteiger charge is 2.20. The lowest BCUT2D eigenvalue weighted by molar-refractivity contribution is 0.0949. The molecule has 1 atom stereocenters. The van der Waals surface area contributed by atoms with Gasteiger partial charge in [-0.3, -0.25) is 4.79 Å². The molecule has 27 heavy (non-hydrogen) atoms. The Morgan fingerprint density at radius 1 is 1.30 bits per heavy atom. The highest BCUT2D eigenvalue weighted by molar-refractivity contribution is 5.92. The van der Waals surface area contributed by atoms with Crippen molar-refractivity contribution >= 4 is 11.9 Å². The van der Waals surface area contributed by atoms with Crippen LogP contribution in [0.3, 0.4) is 0 Å². The number of carbonyl (C=O) groups is 1. The number of piperidine rings is 1. The molecule has 1 aromatic carbocycles. The van der Waals surface area contributed by atoms with E-state index in [9.17, 15) is 4.79 Å². The number of nitrogens with zero attached hydrogens (tertiary/aromatic N) is 3. The molecule has 144 valence electrons. The Morgan fingerprint density at radius 2 is 2.07 bits per heavy atom.